The monoisotopic (exact) mass is 892 g/mol. The molecule has 66 heavy (non-hydrogen) atoms. The van der Waals surface area contributed by atoms with Gasteiger partial charge in [0.1, 0.15) is 12.1 Å². The molecule has 4 aromatic carbocycles. The second-order valence-corrected chi connectivity index (χ2v) is 16.7. The smallest absolute Gasteiger partial charge is 0.332 e. The predicted octanol–water partition coefficient (Wildman–Crippen LogP) is 4.84. The van der Waals surface area contributed by atoms with Crippen molar-refractivity contribution in [3.8, 4) is 0 Å². The number of ether oxygens (including phenoxy) is 2. The Kier molecular flexibility index (Phi) is 14.0. The largest absolute Gasteiger partial charge is 0.443 e. The molecule has 0 aliphatic carbocycles. The van der Waals surface area contributed by atoms with Crippen molar-refractivity contribution in [1.82, 2.24) is 30.4 Å². The van der Waals surface area contributed by atoms with Gasteiger partial charge < -0.3 is 30.1 Å². The third-order valence-corrected chi connectivity index (χ3v) is 11.9. The summed E-state index contributed by atoms with van der Waals surface area (Å²) in [6.07, 6.45) is 7.01. The summed E-state index contributed by atoms with van der Waals surface area (Å²) < 4.78 is 10.7. The number of H-pyrrole nitrogens is 2. The molecular weight excluding hydrogens is 841 g/mol. The van der Waals surface area contributed by atoms with Crippen LogP contribution < -0.4 is 22.1 Å². The van der Waals surface area contributed by atoms with Crippen molar-refractivity contribution >= 4 is 57.6 Å². The fourth-order valence-corrected chi connectivity index (χ4v) is 8.57. The lowest BCUT2D eigenvalue weighted by atomic mass is 10.0. The van der Waals surface area contributed by atoms with Gasteiger partial charge in [-0.2, -0.15) is 0 Å². The zero-order valence-corrected chi connectivity index (χ0v) is 36.2. The molecule has 6 aromatic rings. The van der Waals surface area contributed by atoms with Gasteiger partial charge in [-0.3, -0.25) is 30.9 Å². The molecule has 0 bridgehead atoms. The summed E-state index contributed by atoms with van der Waals surface area (Å²) in [5.74, 6) is -2.22. The van der Waals surface area contributed by atoms with Gasteiger partial charge in [0.25, 0.3) is 11.8 Å². The van der Waals surface area contributed by atoms with E-state index in [0.717, 1.165) is 80.2 Å². The Hall–Kier alpha value is -7.56. The number of rotatable bonds is 20. The van der Waals surface area contributed by atoms with Gasteiger partial charge in [-0.05, 0) is 83.3 Å². The lowest BCUT2D eigenvalue weighted by Gasteiger charge is -2.14. The van der Waals surface area contributed by atoms with Crippen molar-refractivity contribution in [2.45, 2.75) is 75.9 Å². The Morgan fingerprint density at radius 1 is 0.576 bits per heavy atom. The van der Waals surface area contributed by atoms with Crippen LogP contribution in [-0.4, -0.2) is 93.2 Å². The summed E-state index contributed by atoms with van der Waals surface area (Å²) in [5, 5.41) is 7.28. The first-order chi connectivity index (χ1) is 32.0. The zero-order chi connectivity index (χ0) is 46.2. The highest BCUT2D eigenvalue weighted by atomic mass is 16.6. The number of benzene rings is 4. The minimum absolute atomic E-state index is 0.151. The number of carbonyl (C=O) groups excluding carboxylic acids is 6. The number of nitrogens with one attached hydrogen (secondary N) is 4. The quantitative estimate of drug-likeness (QED) is 0.0264. The first-order valence-corrected chi connectivity index (χ1v) is 22.1. The van der Waals surface area contributed by atoms with Crippen molar-refractivity contribution in [2.75, 3.05) is 13.1 Å². The number of aromatic amines is 2. The molecule has 6 amide bonds. The predicted molar refractivity (Wildman–Crippen MR) is 246 cm³/mol. The summed E-state index contributed by atoms with van der Waals surface area (Å²) in [4.78, 5) is 86.0. The van der Waals surface area contributed by atoms with E-state index in [9.17, 15) is 28.8 Å². The number of imide groups is 2. The molecule has 340 valence electrons. The van der Waals surface area contributed by atoms with Gasteiger partial charge in [-0.15, -0.1) is 0 Å². The van der Waals surface area contributed by atoms with E-state index in [4.69, 9.17) is 20.9 Å². The first kappa shape index (κ1) is 45.0. The molecule has 16 nitrogen and oxygen atoms in total. The van der Waals surface area contributed by atoms with Crippen LogP contribution in [0.4, 0.5) is 9.59 Å². The highest BCUT2D eigenvalue weighted by molar-refractivity contribution is 6.05. The van der Waals surface area contributed by atoms with Crippen LogP contribution in [0.15, 0.2) is 122 Å². The second-order valence-electron chi connectivity index (χ2n) is 16.7. The van der Waals surface area contributed by atoms with Crippen LogP contribution in [0, 0.1) is 0 Å². The minimum Gasteiger partial charge on any atom is -0.443 e. The van der Waals surface area contributed by atoms with Gasteiger partial charge in [-0.25, -0.2) is 19.2 Å². The van der Waals surface area contributed by atoms with E-state index in [1.54, 1.807) is 12.4 Å². The molecule has 2 aromatic heterocycles. The van der Waals surface area contributed by atoms with Crippen molar-refractivity contribution in [2.24, 2.45) is 11.5 Å². The lowest BCUT2D eigenvalue weighted by Crippen LogP contribution is -2.33. The summed E-state index contributed by atoms with van der Waals surface area (Å²) in [6.45, 7) is 0.664. The molecule has 4 heterocycles. The number of nitrogens with two attached hydrogens (primary N) is 2. The summed E-state index contributed by atoms with van der Waals surface area (Å²) in [6, 6.07) is 29.0. The number of fused-ring (bicyclic) bond motifs is 2. The van der Waals surface area contributed by atoms with E-state index in [-0.39, 0.29) is 24.7 Å². The number of hydrogen-bond acceptors (Lipinski definition) is 10. The van der Waals surface area contributed by atoms with E-state index in [1.165, 1.54) is 9.80 Å². The number of amides is 6. The average molecular weight is 893 g/mol. The lowest BCUT2D eigenvalue weighted by molar-refractivity contribution is -0.145. The number of aryl methyl sites for hydroxylation is 2. The Balaban J connectivity index is 0.783. The topological polar surface area (TPSA) is 235 Å². The number of nitrogens with zero attached hydrogens (tertiary/aromatic N) is 2. The first-order valence-electron chi connectivity index (χ1n) is 22.1. The Morgan fingerprint density at radius 2 is 0.985 bits per heavy atom. The Bertz CT molecular complexity index is 2580. The van der Waals surface area contributed by atoms with Crippen LogP contribution in [0.2, 0.25) is 0 Å². The van der Waals surface area contributed by atoms with Crippen molar-refractivity contribution in [3.05, 3.63) is 155 Å². The van der Waals surface area contributed by atoms with Gasteiger partial charge in [0, 0.05) is 85.1 Å². The SMILES string of the molecule is NC(Cc1c[nH]c2ccc(CC3NC(=O)N(CCCc4ccccc4)C3=O)cc12)OC(=O)/C=C\C(=O)OC(N)Cc1c[nH]c2ccc(CC3NC(=O)N(CCCc4ccccc4)C3=O)cc12. The second kappa shape index (κ2) is 20.5. The van der Waals surface area contributed by atoms with Crippen LogP contribution >= 0.6 is 0 Å². The molecule has 2 aliphatic rings. The normalized spacial score (nSPS) is 17.2. The van der Waals surface area contributed by atoms with E-state index in [2.05, 4.69) is 20.6 Å². The van der Waals surface area contributed by atoms with Crippen LogP contribution in [0.1, 0.15) is 46.2 Å². The highest BCUT2D eigenvalue weighted by Crippen LogP contribution is 2.25. The third-order valence-electron chi connectivity index (χ3n) is 11.9. The Morgan fingerprint density at radius 3 is 1.39 bits per heavy atom. The minimum atomic E-state index is -1.05. The van der Waals surface area contributed by atoms with E-state index < -0.39 is 48.5 Å². The van der Waals surface area contributed by atoms with Crippen LogP contribution in [0.3, 0.4) is 0 Å². The molecule has 4 atom stereocenters. The van der Waals surface area contributed by atoms with Gasteiger partial charge in [0.2, 0.25) is 0 Å². The Labute approximate surface area is 380 Å². The van der Waals surface area contributed by atoms with E-state index in [0.29, 0.717) is 38.8 Å². The highest BCUT2D eigenvalue weighted by Gasteiger charge is 2.38. The molecule has 0 spiro atoms. The summed E-state index contributed by atoms with van der Waals surface area (Å²) in [5.41, 5.74) is 19.5. The number of carbonyl (C=O) groups is 6. The molecule has 0 radical (unpaired) electrons. The van der Waals surface area contributed by atoms with Gasteiger partial charge >= 0.3 is 24.0 Å². The summed E-state index contributed by atoms with van der Waals surface area (Å²) in [7, 11) is 0. The van der Waals surface area contributed by atoms with Gasteiger partial charge in [0.15, 0.2) is 12.5 Å². The number of hydrogen-bond donors (Lipinski definition) is 6. The number of aromatic nitrogens is 2. The number of esters is 2. The molecule has 2 aliphatic heterocycles. The van der Waals surface area contributed by atoms with Gasteiger partial charge in [0.05, 0.1) is 0 Å². The molecule has 2 fully saturated rings. The van der Waals surface area contributed by atoms with Crippen molar-refractivity contribution in [3.63, 3.8) is 0 Å². The van der Waals surface area contributed by atoms with Crippen LogP contribution in [-0.2, 0) is 67.2 Å². The van der Waals surface area contributed by atoms with E-state index >= 15 is 0 Å². The molecule has 16 heteroatoms. The summed E-state index contributed by atoms with van der Waals surface area (Å²) >= 11 is 0. The zero-order valence-electron chi connectivity index (χ0n) is 36.2. The van der Waals surface area contributed by atoms with Crippen LogP contribution in [0.25, 0.3) is 21.8 Å². The molecule has 4 unspecified atom stereocenters. The van der Waals surface area contributed by atoms with Crippen molar-refractivity contribution < 1.29 is 38.2 Å². The molecule has 8 rings (SSSR count). The van der Waals surface area contributed by atoms with Crippen LogP contribution in [0.5, 0.6) is 0 Å². The molecule has 8 N–H and O–H groups in total. The van der Waals surface area contributed by atoms with E-state index in [1.807, 2.05) is 97.1 Å². The maximum absolute atomic E-state index is 13.2. The number of urea groups is 2. The fraction of sp³-hybridized carbons (Fsp3) is 0.280. The van der Waals surface area contributed by atoms with Gasteiger partial charge in [-0.1, -0.05) is 72.8 Å². The molecular formula is C50H52N8O8. The van der Waals surface area contributed by atoms with Crippen molar-refractivity contribution in [1.29, 1.82) is 0 Å². The average Bonchev–Trinajstić information content (AvgIpc) is 4.04. The molecule has 2 saturated heterocycles. The molecule has 0 saturated carbocycles. The third kappa shape index (κ3) is 11.0. The fourth-order valence-electron chi connectivity index (χ4n) is 8.57. The maximum atomic E-state index is 13.2. The standard InChI is InChI=1S/C50H52N8O8/c51-43(27-35-29-53-39-17-15-33(23-37(35)39)25-41-47(61)57(49(63)55-41)21-7-13-31-9-3-1-4-10-31)65-45(59)19-20-46(60)66-44(52)28-36-30-54-40-18-16-34(24-38(36)40)26-42-48(62)58(50(64)56-42)22-8-14-32-11-5-2-6-12-32/h1-6,9-12,15-20,23-24,29-30,41-44,53-54H,7-8,13-14,21-22,25-28,51-52H2,(H,55,63)(H,56,64)/b20-19-. The maximum Gasteiger partial charge on any atom is 0.332 e.